The van der Waals surface area contributed by atoms with Crippen LogP contribution in [0.2, 0.25) is 0 Å². The number of carbonyl (C=O) groups excluding carboxylic acids is 2. The van der Waals surface area contributed by atoms with Crippen molar-refractivity contribution in [2.45, 2.75) is 50.9 Å². The molecule has 4 aromatic rings. The summed E-state index contributed by atoms with van der Waals surface area (Å²) in [5, 5.41) is 6.47. The lowest BCUT2D eigenvalue weighted by molar-refractivity contribution is -0.139. The standard InChI is InChI=1S/C34H38N6O2S2/c1-23-19-24(2)36-34(35-23)44-22-31(41)40(20-30-38-29(21-43-30)25-11-7-5-8-12-25)32(26-13-9-6-10-14-26)33(42)37-27-15-17-28(18-16-27)39(3)4/h5-9,11-12,15-19,21,26,32H,10,13-14,20,22H2,1-4H3,(H,37,42). The predicted molar refractivity (Wildman–Crippen MR) is 180 cm³/mol. The van der Waals surface area contributed by atoms with E-state index in [-0.39, 0.29) is 30.0 Å². The largest absolute Gasteiger partial charge is 0.378 e. The van der Waals surface area contributed by atoms with Crippen molar-refractivity contribution in [2.24, 2.45) is 5.92 Å². The molecular weight excluding hydrogens is 589 g/mol. The van der Waals surface area contributed by atoms with Gasteiger partial charge >= 0.3 is 0 Å². The number of rotatable bonds is 11. The number of carbonyl (C=O) groups is 2. The Kier molecular flexibility index (Phi) is 10.4. The molecule has 0 fully saturated rings. The number of aromatic nitrogens is 3. The number of hydrogen-bond donors (Lipinski definition) is 1. The maximum atomic E-state index is 14.2. The van der Waals surface area contributed by atoms with Gasteiger partial charge < -0.3 is 15.1 Å². The molecular formula is C34H38N6O2S2. The van der Waals surface area contributed by atoms with Gasteiger partial charge in [-0.05, 0) is 69.4 Å². The number of amides is 2. The number of thioether (sulfide) groups is 1. The molecule has 1 aliphatic rings. The molecule has 1 aliphatic carbocycles. The van der Waals surface area contributed by atoms with Crippen molar-refractivity contribution in [3.8, 4) is 11.3 Å². The van der Waals surface area contributed by atoms with E-state index < -0.39 is 6.04 Å². The lowest BCUT2D eigenvalue weighted by atomic mass is 9.86. The van der Waals surface area contributed by atoms with Crippen LogP contribution in [-0.4, -0.2) is 57.6 Å². The third kappa shape index (κ3) is 8.12. The Hall–Kier alpha value is -4.02. The highest BCUT2D eigenvalue weighted by Gasteiger charge is 2.37. The second-order valence-electron chi connectivity index (χ2n) is 11.2. The van der Waals surface area contributed by atoms with E-state index in [1.165, 1.54) is 23.1 Å². The van der Waals surface area contributed by atoms with Crippen LogP contribution in [0.25, 0.3) is 11.3 Å². The zero-order valence-electron chi connectivity index (χ0n) is 25.6. The highest BCUT2D eigenvalue weighted by atomic mass is 32.2. The monoisotopic (exact) mass is 626 g/mol. The van der Waals surface area contributed by atoms with Crippen LogP contribution < -0.4 is 10.2 Å². The normalized spacial score (nSPS) is 15.0. The van der Waals surface area contributed by atoms with Gasteiger partial charge in [0.05, 0.1) is 18.0 Å². The highest BCUT2D eigenvalue weighted by molar-refractivity contribution is 7.99. The Morgan fingerprint density at radius 3 is 2.39 bits per heavy atom. The van der Waals surface area contributed by atoms with E-state index >= 15 is 0 Å². The number of nitrogens with zero attached hydrogens (tertiary/aromatic N) is 5. The van der Waals surface area contributed by atoms with Crippen LogP contribution in [0, 0.1) is 19.8 Å². The first-order valence-electron chi connectivity index (χ1n) is 14.7. The minimum Gasteiger partial charge on any atom is -0.378 e. The van der Waals surface area contributed by atoms with E-state index in [1.54, 1.807) is 4.90 Å². The molecule has 0 saturated carbocycles. The highest BCUT2D eigenvalue weighted by Crippen LogP contribution is 2.30. The predicted octanol–water partition coefficient (Wildman–Crippen LogP) is 6.77. The van der Waals surface area contributed by atoms with Crippen molar-refractivity contribution in [3.05, 3.63) is 94.6 Å². The van der Waals surface area contributed by atoms with Gasteiger partial charge in [0, 0.05) is 47.8 Å². The molecule has 2 heterocycles. The number of aryl methyl sites for hydroxylation is 2. The zero-order chi connectivity index (χ0) is 31.1. The molecule has 228 valence electrons. The van der Waals surface area contributed by atoms with Crippen LogP contribution in [0.5, 0.6) is 0 Å². The minimum absolute atomic E-state index is 0.0268. The number of hydrogen-bond acceptors (Lipinski definition) is 8. The topological polar surface area (TPSA) is 91.3 Å². The second-order valence-corrected chi connectivity index (χ2v) is 13.0. The van der Waals surface area contributed by atoms with Crippen LogP contribution in [0.1, 0.15) is 35.7 Å². The molecule has 2 aromatic heterocycles. The number of thiazole rings is 1. The van der Waals surface area contributed by atoms with Gasteiger partial charge in [0.25, 0.3) is 0 Å². The average molecular weight is 627 g/mol. The first-order chi connectivity index (χ1) is 21.3. The first-order valence-corrected chi connectivity index (χ1v) is 16.6. The first kappa shape index (κ1) is 31.4. The summed E-state index contributed by atoms with van der Waals surface area (Å²) >= 11 is 2.81. The Labute approximate surface area is 267 Å². The number of nitrogens with one attached hydrogen (secondary N) is 1. The quantitative estimate of drug-likeness (QED) is 0.112. The third-order valence-electron chi connectivity index (χ3n) is 7.55. The second kappa shape index (κ2) is 14.6. The molecule has 8 nitrogen and oxygen atoms in total. The Balaban J connectivity index is 1.45. The number of anilines is 2. The number of allylic oxidation sites excluding steroid dienone is 2. The van der Waals surface area contributed by atoms with Gasteiger partial charge in [0.1, 0.15) is 11.0 Å². The summed E-state index contributed by atoms with van der Waals surface area (Å²) in [6, 6.07) is 19.0. The summed E-state index contributed by atoms with van der Waals surface area (Å²) < 4.78 is 0. The van der Waals surface area contributed by atoms with Crippen molar-refractivity contribution in [1.29, 1.82) is 0 Å². The third-order valence-corrected chi connectivity index (χ3v) is 9.21. The summed E-state index contributed by atoms with van der Waals surface area (Å²) in [4.78, 5) is 46.0. The van der Waals surface area contributed by atoms with E-state index in [4.69, 9.17) is 4.98 Å². The molecule has 0 saturated heterocycles. The van der Waals surface area contributed by atoms with E-state index in [1.807, 2.05) is 98.9 Å². The fourth-order valence-corrected chi connectivity index (χ4v) is 6.99. The van der Waals surface area contributed by atoms with E-state index in [0.717, 1.165) is 52.6 Å². The summed E-state index contributed by atoms with van der Waals surface area (Å²) in [5.41, 5.74) is 5.32. The molecule has 44 heavy (non-hydrogen) atoms. The van der Waals surface area contributed by atoms with Crippen LogP contribution >= 0.6 is 23.1 Å². The van der Waals surface area contributed by atoms with Crippen LogP contribution in [0.3, 0.4) is 0 Å². The van der Waals surface area contributed by atoms with Gasteiger partial charge in [-0.15, -0.1) is 11.3 Å². The maximum Gasteiger partial charge on any atom is 0.247 e. The molecule has 2 aromatic carbocycles. The molecule has 0 bridgehead atoms. The van der Waals surface area contributed by atoms with Gasteiger partial charge in [-0.3, -0.25) is 9.59 Å². The molecule has 5 rings (SSSR count). The van der Waals surface area contributed by atoms with Crippen molar-refractivity contribution in [2.75, 3.05) is 30.1 Å². The molecule has 2 amide bonds. The number of benzene rings is 2. The zero-order valence-corrected chi connectivity index (χ0v) is 27.2. The molecule has 10 heteroatoms. The van der Waals surface area contributed by atoms with Gasteiger partial charge in [0.2, 0.25) is 11.8 Å². The Morgan fingerprint density at radius 2 is 1.73 bits per heavy atom. The molecule has 0 spiro atoms. The van der Waals surface area contributed by atoms with Gasteiger partial charge in [-0.1, -0.05) is 54.2 Å². The summed E-state index contributed by atoms with van der Waals surface area (Å²) in [7, 11) is 3.96. The Morgan fingerprint density at radius 1 is 1.00 bits per heavy atom. The van der Waals surface area contributed by atoms with Crippen LogP contribution in [0.4, 0.5) is 11.4 Å². The molecule has 0 aliphatic heterocycles. The van der Waals surface area contributed by atoms with E-state index in [0.29, 0.717) is 10.8 Å². The molecule has 2 unspecified atom stereocenters. The van der Waals surface area contributed by atoms with Crippen LogP contribution in [0.15, 0.2) is 83.4 Å². The van der Waals surface area contributed by atoms with Crippen molar-refractivity contribution < 1.29 is 9.59 Å². The smallest absolute Gasteiger partial charge is 0.247 e. The van der Waals surface area contributed by atoms with E-state index in [2.05, 4.69) is 27.4 Å². The fraction of sp³-hybridized carbons (Fsp3) is 0.324. The Bertz CT molecular complexity index is 1580. The summed E-state index contributed by atoms with van der Waals surface area (Å²) in [5.74, 6) is -0.249. The summed E-state index contributed by atoms with van der Waals surface area (Å²) in [6.07, 6.45) is 6.69. The minimum atomic E-state index is -0.675. The fourth-order valence-electron chi connectivity index (χ4n) is 5.35. The lowest BCUT2D eigenvalue weighted by Gasteiger charge is -2.36. The van der Waals surface area contributed by atoms with Crippen molar-refractivity contribution in [1.82, 2.24) is 19.9 Å². The SMILES string of the molecule is Cc1cc(C)nc(SCC(=O)N(Cc2nc(-c3ccccc3)cs2)C(C(=O)Nc2ccc(N(C)C)cc2)C2CC=CCC2)n1. The van der Waals surface area contributed by atoms with Gasteiger partial charge in [0.15, 0.2) is 5.16 Å². The molecule has 0 radical (unpaired) electrons. The molecule has 2 atom stereocenters. The average Bonchev–Trinajstić information content (AvgIpc) is 3.49. The van der Waals surface area contributed by atoms with E-state index in [9.17, 15) is 9.59 Å². The van der Waals surface area contributed by atoms with Crippen molar-refractivity contribution in [3.63, 3.8) is 0 Å². The summed E-state index contributed by atoms with van der Waals surface area (Å²) in [6.45, 7) is 4.08. The lowest BCUT2D eigenvalue weighted by Crippen LogP contribution is -2.51. The van der Waals surface area contributed by atoms with Gasteiger partial charge in [-0.25, -0.2) is 15.0 Å². The van der Waals surface area contributed by atoms with Gasteiger partial charge in [-0.2, -0.15) is 0 Å². The maximum absolute atomic E-state index is 14.2. The molecule has 1 N–H and O–H groups in total. The van der Waals surface area contributed by atoms with Crippen LogP contribution in [-0.2, 0) is 16.1 Å². The van der Waals surface area contributed by atoms with Crippen molar-refractivity contribution >= 4 is 46.3 Å².